The van der Waals surface area contributed by atoms with E-state index in [1.165, 1.54) is 11.1 Å². The molecule has 1 aromatic carbocycles. The number of aromatic nitrogens is 1. The van der Waals surface area contributed by atoms with Crippen LogP contribution in [-0.4, -0.2) is 41.6 Å². The monoisotopic (exact) mass is 392 g/mol. The van der Waals surface area contributed by atoms with E-state index in [1.807, 2.05) is 23.6 Å². The number of rotatable bonds is 7. The number of unbranched alkanes of at least 4 members (excludes halogenated alkanes) is 1. The summed E-state index contributed by atoms with van der Waals surface area (Å²) in [5.41, 5.74) is 3.83. The second kappa shape index (κ2) is 10.6. The van der Waals surface area contributed by atoms with Crippen molar-refractivity contribution in [2.75, 3.05) is 26.2 Å². The maximum Gasteiger partial charge on any atom is 0.250 e. The lowest BCUT2D eigenvalue weighted by atomic mass is 10.00. The Bertz CT molecular complexity index is 899. The maximum absolute atomic E-state index is 11.9. The molecule has 1 aliphatic heterocycles. The summed E-state index contributed by atoms with van der Waals surface area (Å²) in [4.78, 5) is 19.1. The standard InChI is InChI=1S/C24H32N4O/c1-3-25-24(26-16-7-8-17-28-20(2)10-9-13-23(28)29)27-18-14-22(15-19-27)21-11-5-4-6-12-21/h4-6,9-14H,3,7-8,15-19H2,1-2H3,(H,25,26). The van der Waals surface area contributed by atoms with Crippen molar-refractivity contribution in [3.8, 4) is 0 Å². The average Bonchev–Trinajstić information content (AvgIpc) is 2.75. The summed E-state index contributed by atoms with van der Waals surface area (Å²) in [5.74, 6) is 0.990. The van der Waals surface area contributed by atoms with Crippen molar-refractivity contribution in [2.24, 2.45) is 4.99 Å². The maximum atomic E-state index is 11.9. The number of nitrogens with one attached hydrogen (secondary N) is 1. The van der Waals surface area contributed by atoms with Gasteiger partial charge in [-0.2, -0.15) is 0 Å². The minimum atomic E-state index is 0.0798. The number of guanidine groups is 1. The van der Waals surface area contributed by atoms with Crippen LogP contribution in [0.4, 0.5) is 0 Å². The van der Waals surface area contributed by atoms with Gasteiger partial charge in [0.15, 0.2) is 5.96 Å². The lowest BCUT2D eigenvalue weighted by Gasteiger charge is -2.30. The van der Waals surface area contributed by atoms with E-state index < -0.39 is 0 Å². The van der Waals surface area contributed by atoms with E-state index in [0.717, 1.165) is 63.6 Å². The van der Waals surface area contributed by atoms with Gasteiger partial charge in [-0.1, -0.05) is 42.5 Å². The molecule has 5 nitrogen and oxygen atoms in total. The molecule has 2 aromatic rings. The topological polar surface area (TPSA) is 49.6 Å². The van der Waals surface area contributed by atoms with E-state index in [2.05, 4.69) is 53.5 Å². The van der Waals surface area contributed by atoms with Crippen LogP contribution in [0.15, 0.2) is 64.4 Å². The van der Waals surface area contributed by atoms with Crippen LogP contribution in [0.2, 0.25) is 0 Å². The van der Waals surface area contributed by atoms with Gasteiger partial charge >= 0.3 is 0 Å². The second-order valence-electron chi connectivity index (χ2n) is 7.39. The molecule has 0 saturated heterocycles. The van der Waals surface area contributed by atoms with E-state index >= 15 is 0 Å². The second-order valence-corrected chi connectivity index (χ2v) is 7.39. The molecule has 0 spiro atoms. The first kappa shape index (κ1) is 20.9. The van der Waals surface area contributed by atoms with Crippen LogP contribution < -0.4 is 10.9 Å². The molecule has 0 aliphatic carbocycles. The smallest absolute Gasteiger partial charge is 0.250 e. The Kier molecular flexibility index (Phi) is 7.68. The first-order chi connectivity index (χ1) is 14.2. The predicted molar refractivity (Wildman–Crippen MR) is 121 cm³/mol. The van der Waals surface area contributed by atoms with Gasteiger partial charge in [-0.05, 0) is 50.3 Å². The molecule has 0 fully saturated rings. The Labute approximate surface area is 173 Å². The van der Waals surface area contributed by atoms with Gasteiger partial charge in [0.2, 0.25) is 0 Å². The summed E-state index contributed by atoms with van der Waals surface area (Å²) < 4.78 is 1.84. The number of nitrogens with zero attached hydrogens (tertiary/aromatic N) is 3. The summed E-state index contributed by atoms with van der Waals surface area (Å²) in [6.07, 6.45) is 5.27. The molecular weight excluding hydrogens is 360 g/mol. The molecule has 154 valence electrons. The molecule has 0 amide bonds. The normalized spacial score (nSPS) is 14.6. The highest BCUT2D eigenvalue weighted by Gasteiger charge is 2.15. The molecule has 0 atom stereocenters. The Morgan fingerprint density at radius 1 is 1.10 bits per heavy atom. The zero-order valence-corrected chi connectivity index (χ0v) is 17.6. The quantitative estimate of drug-likeness (QED) is 0.444. The van der Waals surface area contributed by atoms with E-state index in [4.69, 9.17) is 4.99 Å². The van der Waals surface area contributed by atoms with Crippen molar-refractivity contribution >= 4 is 11.5 Å². The van der Waals surface area contributed by atoms with Gasteiger partial charge in [0.1, 0.15) is 0 Å². The van der Waals surface area contributed by atoms with Gasteiger partial charge in [-0.3, -0.25) is 9.79 Å². The van der Waals surface area contributed by atoms with Crippen LogP contribution >= 0.6 is 0 Å². The zero-order valence-electron chi connectivity index (χ0n) is 17.6. The first-order valence-corrected chi connectivity index (χ1v) is 10.6. The first-order valence-electron chi connectivity index (χ1n) is 10.6. The van der Waals surface area contributed by atoms with E-state index in [0.29, 0.717) is 0 Å². The zero-order chi connectivity index (χ0) is 20.5. The van der Waals surface area contributed by atoms with Crippen molar-refractivity contribution in [3.05, 3.63) is 76.2 Å². The fraction of sp³-hybridized carbons (Fsp3) is 0.417. The number of benzene rings is 1. The summed E-state index contributed by atoms with van der Waals surface area (Å²) in [6, 6.07) is 16.0. The average molecular weight is 393 g/mol. The third-order valence-corrected chi connectivity index (χ3v) is 5.31. The van der Waals surface area contributed by atoms with E-state index in [9.17, 15) is 4.79 Å². The van der Waals surface area contributed by atoms with E-state index in [1.54, 1.807) is 6.07 Å². The molecule has 1 aliphatic rings. The van der Waals surface area contributed by atoms with Crippen LogP contribution in [0, 0.1) is 6.92 Å². The molecule has 29 heavy (non-hydrogen) atoms. The molecule has 0 bridgehead atoms. The highest BCUT2D eigenvalue weighted by molar-refractivity contribution is 5.81. The molecule has 0 saturated carbocycles. The van der Waals surface area contributed by atoms with Crippen LogP contribution in [0.1, 0.15) is 37.4 Å². The van der Waals surface area contributed by atoms with Gasteiger partial charge in [-0.25, -0.2) is 0 Å². The predicted octanol–water partition coefficient (Wildman–Crippen LogP) is 3.69. The number of aliphatic imine (C=N–C) groups is 1. The molecule has 0 radical (unpaired) electrons. The van der Waals surface area contributed by atoms with Crippen molar-refractivity contribution in [2.45, 2.75) is 39.7 Å². The molecule has 5 heteroatoms. The van der Waals surface area contributed by atoms with Gasteiger partial charge in [0.25, 0.3) is 5.56 Å². The highest BCUT2D eigenvalue weighted by Crippen LogP contribution is 2.21. The van der Waals surface area contributed by atoms with Crippen LogP contribution in [0.3, 0.4) is 0 Å². The van der Waals surface area contributed by atoms with Crippen molar-refractivity contribution < 1.29 is 0 Å². The Morgan fingerprint density at radius 2 is 1.93 bits per heavy atom. The number of aryl methyl sites for hydroxylation is 1. The summed E-state index contributed by atoms with van der Waals surface area (Å²) in [6.45, 7) is 8.34. The summed E-state index contributed by atoms with van der Waals surface area (Å²) >= 11 is 0. The van der Waals surface area contributed by atoms with Gasteiger partial charge in [0, 0.05) is 44.5 Å². The number of hydrogen-bond donors (Lipinski definition) is 1. The van der Waals surface area contributed by atoms with Crippen LogP contribution in [0.5, 0.6) is 0 Å². The molecule has 3 rings (SSSR count). The lowest BCUT2D eigenvalue weighted by molar-refractivity contribution is 0.439. The Hall–Kier alpha value is -2.82. The molecule has 2 heterocycles. The van der Waals surface area contributed by atoms with Crippen molar-refractivity contribution in [1.29, 1.82) is 0 Å². The fourth-order valence-corrected chi connectivity index (χ4v) is 3.68. The molecule has 1 N–H and O–H groups in total. The minimum Gasteiger partial charge on any atom is -0.357 e. The summed E-state index contributed by atoms with van der Waals surface area (Å²) in [5, 5.41) is 3.43. The van der Waals surface area contributed by atoms with E-state index in [-0.39, 0.29) is 5.56 Å². The Balaban J connectivity index is 1.52. The van der Waals surface area contributed by atoms with Crippen LogP contribution in [-0.2, 0) is 6.54 Å². The number of pyridine rings is 1. The Morgan fingerprint density at radius 3 is 2.62 bits per heavy atom. The van der Waals surface area contributed by atoms with Gasteiger partial charge in [-0.15, -0.1) is 0 Å². The van der Waals surface area contributed by atoms with Gasteiger partial charge in [0.05, 0.1) is 0 Å². The molecule has 0 unspecified atom stereocenters. The third kappa shape index (κ3) is 5.83. The fourth-order valence-electron chi connectivity index (χ4n) is 3.68. The highest BCUT2D eigenvalue weighted by atomic mass is 16.1. The van der Waals surface area contributed by atoms with Gasteiger partial charge < -0.3 is 14.8 Å². The van der Waals surface area contributed by atoms with Crippen molar-refractivity contribution in [1.82, 2.24) is 14.8 Å². The van der Waals surface area contributed by atoms with Crippen molar-refractivity contribution in [3.63, 3.8) is 0 Å². The van der Waals surface area contributed by atoms with Crippen LogP contribution in [0.25, 0.3) is 5.57 Å². The third-order valence-electron chi connectivity index (χ3n) is 5.31. The number of hydrogen-bond acceptors (Lipinski definition) is 2. The largest absolute Gasteiger partial charge is 0.357 e. The lowest BCUT2D eigenvalue weighted by Crippen LogP contribution is -2.43. The molecular formula is C24H32N4O. The summed E-state index contributed by atoms with van der Waals surface area (Å²) in [7, 11) is 0. The minimum absolute atomic E-state index is 0.0798. The SMILES string of the molecule is CCNC(=NCCCCn1c(C)cccc1=O)N1CC=C(c2ccccc2)CC1. The molecule has 1 aromatic heterocycles.